The maximum absolute atomic E-state index is 9.63. The monoisotopic (exact) mass is 327 g/mol. The number of nitrogens with zero attached hydrogens (tertiary/aromatic N) is 2. The second-order valence-corrected chi connectivity index (χ2v) is 6.02. The lowest BCUT2D eigenvalue weighted by atomic mass is 9.93. The average molecular weight is 328 g/mol. The molecule has 1 aromatic carbocycles. The van der Waals surface area contributed by atoms with E-state index >= 15 is 0 Å². The molecule has 6 heteroatoms. The number of hydrogen-bond donors (Lipinski definition) is 2. The third-order valence-electron chi connectivity index (χ3n) is 2.83. The minimum Gasteiger partial charge on any atom is -0.394 e. The van der Waals surface area contributed by atoms with Crippen LogP contribution in [0.4, 0.5) is 0 Å². The van der Waals surface area contributed by atoms with Gasteiger partial charge in [-0.1, -0.05) is 28.1 Å². The summed E-state index contributed by atoms with van der Waals surface area (Å²) in [5, 5.41) is 21.6. The van der Waals surface area contributed by atoms with E-state index in [1.807, 2.05) is 31.2 Å². The lowest BCUT2D eigenvalue weighted by Gasteiger charge is -2.29. The molecule has 0 aliphatic rings. The summed E-state index contributed by atoms with van der Waals surface area (Å²) in [7, 11) is 0. The Hall–Kier alpha value is -0.820. The molecule has 0 amide bonds. The summed E-state index contributed by atoms with van der Waals surface area (Å²) >= 11 is 4.90. The van der Waals surface area contributed by atoms with Crippen molar-refractivity contribution < 1.29 is 5.11 Å². The lowest BCUT2D eigenvalue weighted by molar-refractivity contribution is 0.173. The van der Waals surface area contributed by atoms with Crippen molar-refractivity contribution in [3.63, 3.8) is 0 Å². The van der Waals surface area contributed by atoms with Crippen LogP contribution in [-0.4, -0.2) is 21.9 Å². The third kappa shape index (κ3) is 3.14. The third-order valence-corrected chi connectivity index (χ3v) is 4.06. The predicted molar refractivity (Wildman–Crippen MR) is 75.3 cm³/mol. The molecule has 1 unspecified atom stereocenters. The van der Waals surface area contributed by atoms with E-state index in [1.165, 1.54) is 11.3 Å². The Morgan fingerprint density at radius 2 is 2.11 bits per heavy atom. The summed E-state index contributed by atoms with van der Waals surface area (Å²) in [6.07, 6.45) is 0. The molecule has 0 spiro atoms. The Kier molecular flexibility index (Phi) is 4.45. The maximum atomic E-state index is 9.63. The molecule has 0 fully saturated rings. The largest absolute Gasteiger partial charge is 0.394 e. The van der Waals surface area contributed by atoms with Gasteiger partial charge in [-0.2, -0.15) is 0 Å². The number of aromatic nitrogens is 2. The quantitative estimate of drug-likeness (QED) is 0.884. The van der Waals surface area contributed by atoms with Crippen LogP contribution in [0.2, 0.25) is 0 Å². The number of benzene rings is 1. The van der Waals surface area contributed by atoms with E-state index in [1.54, 1.807) is 5.51 Å². The van der Waals surface area contributed by atoms with Crippen LogP contribution in [0.15, 0.2) is 34.2 Å². The van der Waals surface area contributed by atoms with Gasteiger partial charge in [-0.3, -0.25) is 5.32 Å². The highest BCUT2D eigenvalue weighted by molar-refractivity contribution is 9.10. The van der Waals surface area contributed by atoms with E-state index in [9.17, 15) is 5.11 Å². The van der Waals surface area contributed by atoms with Gasteiger partial charge in [0.25, 0.3) is 0 Å². The second kappa shape index (κ2) is 5.88. The molecule has 1 heterocycles. The number of rotatable bonds is 5. The lowest BCUT2D eigenvalue weighted by Crippen LogP contribution is -2.42. The smallest absolute Gasteiger partial charge is 0.131 e. The molecule has 0 aliphatic carbocycles. The summed E-state index contributed by atoms with van der Waals surface area (Å²) in [4.78, 5) is 0. The van der Waals surface area contributed by atoms with Gasteiger partial charge in [0.2, 0.25) is 0 Å². The van der Waals surface area contributed by atoms with Gasteiger partial charge in [0.1, 0.15) is 10.5 Å². The normalized spacial score (nSPS) is 14.4. The molecule has 0 bridgehead atoms. The number of aliphatic hydroxyl groups excluding tert-OH is 1. The standard InChI is InChI=1S/C12H14BrN3OS/c1-12(7-17,9-2-4-10(13)5-3-9)14-6-11-16-15-8-18-11/h2-5,8,14,17H,6-7H2,1H3. The van der Waals surface area contributed by atoms with Gasteiger partial charge >= 0.3 is 0 Å². The zero-order valence-electron chi connectivity index (χ0n) is 9.93. The van der Waals surface area contributed by atoms with Gasteiger partial charge in [0.15, 0.2) is 0 Å². The molecule has 4 nitrogen and oxygen atoms in total. The molecule has 18 heavy (non-hydrogen) atoms. The fourth-order valence-electron chi connectivity index (χ4n) is 1.61. The summed E-state index contributed by atoms with van der Waals surface area (Å²) in [5.74, 6) is 0. The summed E-state index contributed by atoms with van der Waals surface area (Å²) in [6, 6.07) is 7.92. The number of hydrogen-bond acceptors (Lipinski definition) is 5. The van der Waals surface area contributed by atoms with Crippen molar-refractivity contribution in [2.24, 2.45) is 0 Å². The molecule has 1 atom stereocenters. The van der Waals surface area contributed by atoms with Crippen LogP contribution in [0.25, 0.3) is 0 Å². The zero-order valence-corrected chi connectivity index (χ0v) is 12.3. The predicted octanol–water partition coefficient (Wildman–Crippen LogP) is 2.30. The van der Waals surface area contributed by atoms with E-state index in [-0.39, 0.29) is 6.61 Å². The van der Waals surface area contributed by atoms with Gasteiger partial charge in [0.05, 0.1) is 18.7 Å². The fourth-order valence-corrected chi connectivity index (χ4v) is 2.34. The highest BCUT2D eigenvalue weighted by atomic mass is 79.9. The van der Waals surface area contributed by atoms with Gasteiger partial charge in [-0.05, 0) is 24.6 Å². The first-order valence-electron chi connectivity index (χ1n) is 5.51. The first kappa shape index (κ1) is 13.6. The average Bonchev–Trinajstić information content (AvgIpc) is 2.90. The van der Waals surface area contributed by atoms with Gasteiger partial charge in [-0.15, -0.1) is 21.5 Å². The minimum absolute atomic E-state index is 0.0213. The Morgan fingerprint density at radius 1 is 1.39 bits per heavy atom. The Bertz CT molecular complexity index is 489. The van der Waals surface area contributed by atoms with E-state index in [4.69, 9.17) is 0 Å². The molecule has 2 N–H and O–H groups in total. The maximum Gasteiger partial charge on any atom is 0.131 e. The topological polar surface area (TPSA) is 58.0 Å². The van der Waals surface area contributed by atoms with Crippen LogP contribution < -0.4 is 5.32 Å². The van der Waals surface area contributed by atoms with Crippen LogP contribution in [0.5, 0.6) is 0 Å². The number of aliphatic hydroxyl groups is 1. The molecular weight excluding hydrogens is 314 g/mol. The molecular formula is C12H14BrN3OS. The Balaban J connectivity index is 2.12. The molecule has 0 saturated carbocycles. The molecule has 0 aliphatic heterocycles. The molecule has 2 rings (SSSR count). The van der Waals surface area contributed by atoms with Crippen molar-refractivity contribution in [2.45, 2.75) is 19.0 Å². The van der Waals surface area contributed by atoms with Crippen molar-refractivity contribution >= 4 is 27.3 Å². The molecule has 0 radical (unpaired) electrons. The first-order valence-corrected chi connectivity index (χ1v) is 7.18. The molecule has 1 aromatic heterocycles. The van der Waals surface area contributed by atoms with Crippen LogP contribution >= 0.6 is 27.3 Å². The second-order valence-electron chi connectivity index (χ2n) is 4.18. The Morgan fingerprint density at radius 3 is 2.67 bits per heavy atom. The molecule has 2 aromatic rings. The number of halogens is 1. The minimum atomic E-state index is -0.480. The van der Waals surface area contributed by atoms with Crippen LogP contribution in [0.1, 0.15) is 17.5 Å². The molecule has 0 saturated heterocycles. The van der Waals surface area contributed by atoms with Crippen molar-refractivity contribution in [2.75, 3.05) is 6.61 Å². The van der Waals surface area contributed by atoms with Crippen molar-refractivity contribution in [3.8, 4) is 0 Å². The first-order chi connectivity index (χ1) is 8.64. The summed E-state index contributed by atoms with van der Waals surface area (Å²) in [5.41, 5.74) is 2.26. The highest BCUT2D eigenvalue weighted by Crippen LogP contribution is 2.23. The fraction of sp³-hybridized carbons (Fsp3) is 0.333. The van der Waals surface area contributed by atoms with Crippen molar-refractivity contribution in [1.82, 2.24) is 15.5 Å². The van der Waals surface area contributed by atoms with Gasteiger partial charge < -0.3 is 5.11 Å². The van der Waals surface area contributed by atoms with E-state index in [0.29, 0.717) is 6.54 Å². The Labute approximate surface area is 118 Å². The van der Waals surface area contributed by atoms with Crippen LogP contribution in [0.3, 0.4) is 0 Å². The highest BCUT2D eigenvalue weighted by Gasteiger charge is 2.25. The molecule has 96 valence electrons. The van der Waals surface area contributed by atoms with E-state index in [0.717, 1.165) is 15.0 Å². The van der Waals surface area contributed by atoms with Crippen LogP contribution in [0, 0.1) is 0 Å². The SMILES string of the molecule is CC(CO)(NCc1nncs1)c1ccc(Br)cc1. The van der Waals surface area contributed by atoms with E-state index < -0.39 is 5.54 Å². The van der Waals surface area contributed by atoms with Crippen molar-refractivity contribution in [1.29, 1.82) is 0 Å². The zero-order chi connectivity index (χ0) is 13.0. The number of nitrogens with one attached hydrogen (secondary N) is 1. The van der Waals surface area contributed by atoms with E-state index in [2.05, 4.69) is 31.4 Å². The van der Waals surface area contributed by atoms with Gasteiger partial charge in [0, 0.05) is 4.47 Å². The summed E-state index contributed by atoms with van der Waals surface area (Å²) in [6.45, 7) is 2.59. The van der Waals surface area contributed by atoms with Crippen molar-refractivity contribution in [3.05, 3.63) is 44.8 Å². The van der Waals surface area contributed by atoms with Gasteiger partial charge in [-0.25, -0.2) is 0 Å². The van der Waals surface area contributed by atoms with Crippen LogP contribution in [-0.2, 0) is 12.1 Å². The summed E-state index contributed by atoms with van der Waals surface area (Å²) < 4.78 is 1.02.